The highest BCUT2D eigenvalue weighted by Gasteiger charge is 2.28. The van der Waals surface area contributed by atoms with E-state index < -0.39 is 12.1 Å². The number of carbonyl (C=O) groups excluding carboxylic acids is 1. The van der Waals surface area contributed by atoms with Gasteiger partial charge in [-0.25, -0.2) is 4.79 Å². The van der Waals surface area contributed by atoms with Crippen molar-refractivity contribution in [3.63, 3.8) is 0 Å². The molecule has 0 radical (unpaired) electrons. The monoisotopic (exact) mass is 355 g/mol. The number of amides is 1. The smallest absolute Gasteiger partial charge is 0.328 e. The Morgan fingerprint density at radius 2 is 2.25 bits per heavy atom. The Labute approximate surface area is 148 Å². The van der Waals surface area contributed by atoms with E-state index in [9.17, 15) is 14.7 Å². The highest BCUT2D eigenvalue weighted by Crippen LogP contribution is 2.21. The van der Waals surface area contributed by atoms with Crippen molar-refractivity contribution in [3.8, 4) is 0 Å². The largest absolute Gasteiger partial charge is 0.478 e. The number of thioether (sulfide) groups is 1. The van der Waals surface area contributed by atoms with Crippen molar-refractivity contribution in [3.05, 3.63) is 24.3 Å². The van der Waals surface area contributed by atoms with E-state index in [-0.39, 0.29) is 11.9 Å². The molecule has 6 heteroatoms. The van der Waals surface area contributed by atoms with Crippen LogP contribution < -0.4 is 0 Å². The maximum Gasteiger partial charge on any atom is 0.328 e. The van der Waals surface area contributed by atoms with Crippen LogP contribution in [0.5, 0.6) is 0 Å². The van der Waals surface area contributed by atoms with Gasteiger partial charge in [0.2, 0.25) is 5.91 Å². The topological polar surface area (TPSA) is 77.8 Å². The third kappa shape index (κ3) is 8.55. The first-order valence-corrected chi connectivity index (χ1v) is 9.83. The third-order valence-corrected chi connectivity index (χ3v) is 4.88. The summed E-state index contributed by atoms with van der Waals surface area (Å²) in [4.78, 5) is 24.2. The summed E-state index contributed by atoms with van der Waals surface area (Å²) in [6, 6.07) is 0.0773. The first kappa shape index (κ1) is 20.8. The molecular weight excluding hydrogens is 326 g/mol. The number of carboxylic acids is 1. The SMILES string of the molecule is CCCCC[C@H](O)/C=C/[C@H]1CCC(=O)N1CCSC/C=C\C(=O)O. The molecule has 1 heterocycles. The number of likely N-dealkylation sites (tertiary alicyclic amines) is 1. The van der Waals surface area contributed by atoms with Gasteiger partial charge in [-0.15, -0.1) is 0 Å². The number of nitrogens with zero attached hydrogens (tertiary/aromatic N) is 1. The zero-order chi connectivity index (χ0) is 17.8. The highest BCUT2D eigenvalue weighted by atomic mass is 32.2. The summed E-state index contributed by atoms with van der Waals surface area (Å²) in [6.07, 6.45) is 11.6. The van der Waals surface area contributed by atoms with Gasteiger partial charge >= 0.3 is 5.97 Å². The van der Waals surface area contributed by atoms with Crippen LogP contribution in [0.25, 0.3) is 0 Å². The van der Waals surface area contributed by atoms with Gasteiger partial charge < -0.3 is 15.1 Å². The molecule has 2 N–H and O–H groups in total. The van der Waals surface area contributed by atoms with Crippen molar-refractivity contribution in [2.24, 2.45) is 0 Å². The summed E-state index contributed by atoms with van der Waals surface area (Å²) in [7, 11) is 0. The molecular formula is C18H29NO4S. The standard InChI is InChI=1S/C18H29NO4S/c1-2-3-4-6-16(20)10-8-15-9-11-17(21)19(15)12-14-24-13-5-7-18(22)23/h5,7-8,10,15-16,20H,2-4,6,9,11-14H2,1H3,(H,22,23)/b7-5-,10-8+/t15-,16-/m0/s1. The van der Waals surface area contributed by atoms with Gasteiger partial charge in [0.05, 0.1) is 12.1 Å². The van der Waals surface area contributed by atoms with E-state index in [4.69, 9.17) is 5.11 Å². The zero-order valence-corrected chi connectivity index (χ0v) is 15.2. The van der Waals surface area contributed by atoms with Gasteiger partial charge in [0.25, 0.3) is 0 Å². The molecule has 0 aliphatic carbocycles. The molecule has 1 amide bonds. The Balaban J connectivity index is 2.33. The second-order valence-electron chi connectivity index (χ2n) is 5.96. The number of aliphatic hydroxyl groups excluding tert-OH is 1. The van der Waals surface area contributed by atoms with E-state index in [0.29, 0.717) is 18.7 Å². The average Bonchev–Trinajstić information content (AvgIpc) is 2.89. The lowest BCUT2D eigenvalue weighted by Gasteiger charge is -2.22. The average molecular weight is 356 g/mol. The van der Waals surface area contributed by atoms with E-state index in [1.54, 1.807) is 17.8 Å². The van der Waals surface area contributed by atoms with Crippen LogP contribution in [-0.4, -0.2) is 57.2 Å². The maximum absolute atomic E-state index is 12.0. The third-order valence-electron chi connectivity index (χ3n) is 3.98. The van der Waals surface area contributed by atoms with Crippen molar-refractivity contribution < 1.29 is 19.8 Å². The second-order valence-corrected chi connectivity index (χ2v) is 7.11. The molecule has 0 aromatic carbocycles. The van der Waals surface area contributed by atoms with Crippen LogP contribution in [0.1, 0.15) is 45.4 Å². The number of unbranched alkanes of at least 4 members (excludes halogenated alkanes) is 2. The van der Waals surface area contributed by atoms with Crippen molar-refractivity contribution in [2.75, 3.05) is 18.1 Å². The normalized spacial score (nSPS) is 19.7. The van der Waals surface area contributed by atoms with Crippen molar-refractivity contribution in [1.29, 1.82) is 0 Å². The minimum absolute atomic E-state index is 0.0773. The lowest BCUT2D eigenvalue weighted by molar-refractivity contribution is -0.131. The molecule has 136 valence electrons. The zero-order valence-electron chi connectivity index (χ0n) is 14.4. The highest BCUT2D eigenvalue weighted by molar-refractivity contribution is 7.99. The molecule has 1 fully saturated rings. The van der Waals surface area contributed by atoms with Crippen molar-refractivity contribution in [2.45, 2.75) is 57.6 Å². The Bertz CT molecular complexity index is 450. The van der Waals surface area contributed by atoms with Crippen LogP contribution in [0, 0.1) is 0 Å². The van der Waals surface area contributed by atoms with Gasteiger partial charge in [0.15, 0.2) is 0 Å². The summed E-state index contributed by atoms with van der Waals surface area (Å²) in [6.45, 7) is 2.80. The molecule has 0 unspecified atom stereocenters. The first-order valence-electron chi connectivity index (χ1n) is 8.67. The van der Waals surface area contributed by atoms with Crippen LogP contribution in [0.15, 0.2) is 24.3 Å². The quantitative estimate of drug-likeness (QED) is 0.320. The molecule has 2 atom stereocenters. The Hall–Kier alpha value is -1.27. The number of aliphatic carboxylic acids is 1. The summed E-state index contributed by atoms with van der Waals surface area (Å²) in [5.74, 6) is 0.629. The molecule has 5 nitrogen and oxygen atoms in total. The van der Waals surface area contributed by atoms with Gasteiger partial charge in [-0.2, -0.15) is 11.8 Å². The molecule has 0 aromatic rings. The van der Waals surface area contributed by atoms with Crippen LogP contribution >= 0.6 is 11.8 Å². The van der Waals surface area contributed by atoms with E-state index in [1.807, 2.05) is 17.1 Å². The molecule has 0 spiro atoms. The van der Waals surface area contributed by atoms with Gasteiger partial charge in [-0.1, -0.05) is 44.4 Å². The fourth-order valence-corrected chi connectivity index (χ4v) is 3.39. The van der Waals surface area contributed by atoms with Gasteiger partial charge in [0, 0.05) is 30.5 Å². The van der Waals surface area contributed by atoms with E-state index in [2.05, 4.69) is 6.92 Å². The van der Waals surface area contributed by atoms with E-state index >= 15 is 0 Å². The van der Waals surface area contributed by atoms with Crippen LogP contribution in [0.2, 0.25) is 0 Å². The minimum atomic E-state index is -0.937. The maximum atomic E-state index is 12.0. The number of hydrogen-bond acceptors (Lipinski definition) is 4. The number of hydrogen-bond donors (Lipinski definition) is 2. The lowest BCUT2D eigenvalue weighted by Crippen LogP contribution is -2.34. The molecule has 0 saturated carbocycles. The molecule has 1 aliphatic rings. The molecule has 0 bridgehead atoms. The van der Waals surface area contributed by atoms with Crippen LogP contribution in [0.4, 0.5) is 0 Å². The lowest BCUT2D eigenvalue weighted by atomic mass is 10.1. The summed E-state index contributed by atoms with van der Waals surface area (Å²) in [5.41, 5.74) is 0. The first-order chi connectivity index (χ1) is 11.5. The molecule has 1 saturated heterocycles. The van der Waals surface area contributed by atoms with Crippen LogP contribution in [-0.2, 0) is 9.59 Å². The van der Waals surface area contributed by atoms with E-state index in [0.717, 1.165) is 43.9 Å². The summed E-state index contributed by atoms with van der Waals surface area (Å²) >= 11 is 1.61. The van der Waals surface area contributed by atoms with Crippen LogP contribution in [0.3, 0.4) is 0 Å². The Morgan fingerprint density at radius 3 is 2.96 bits per heavy atom. The minimum Gasteiger partial charge on any atom is -0.478 e. The van der Waals surface area contributed by atoms with Crippen molar-refractivity contribution >= 4 is 23.6 Å². The Morgan fingerprint density at radius 1 is 1.46 bits per heavy atom. The summed E-state index contributed by atoms with van der Waals surface area (Å²) in [5, 5.41) is 18.5. The number of rotatable bonds is 12. The second kappa shape index (κ2) is 12.1. The van der Waals surface area contributed by atoms with Gasteiger partial charge in [-0.3, -0.25) is 4.79 Å². The number of carboxylic acid groups (broad SMARTS) is 1. The fraction of sp³-hybridized carbons (Fsp3) is 0.667. The van der Waals surface area contributed by atoms with E-state index in [1.165, 1.54) is 0 Å². The Kier molecular flexibility index (Phi) is 10.5. The molecule has 1 rings (SSSR count). The van der Waals surface area contributed by atoms with Gasteiger partial charge in [-0.05, 0) is 12.8 Å². The van der Waals surface area contributed by atoms with Crippen molar-refractivity contribution in [1.82, 2.24) is 4.90 Å². The molecule has 1 aliphatic heterocycles. The van der Waals surface area contributed by atoms with Gasteiger partial charge in [0.1, 0.15) is 0 Å². The number of carbonyl (C=O) groups is 2. The molecule has 0 aromatic heterocycles. The molecule has 24 heavy (non-hydrogen) atoms. The predicted octanol–water partition coefficient (Wildman–Crippen LogP) is 2.85. The predicted molar refractivity (Wildman–Crippen MR) is 98.1 cm³/mol. The number of aliphatic hydroxyl groups is 1. The fourth-order valence-electron chi connectivity index (χ4n) is 2.67. The summed E-state index contributed by atoms with van der Waals surface area (Å²) < 4.78 is 0.